The first-order valence-corrected chi connectivity index (χ1v) is 19.5. The van der Waals surface area contributed by atoms with E-state index in [-0.39, 0.29) is 0 Å². The van der Waals surface area contributed by atoms with Crippen LogP contribution in [0.3, 0.4) is 0 Å². The van der Waals surface area contributed by atoms with Crippen molar-refractivity contribution in [3.63, 3.8) is 0 Å². The highest BCUT2D eigenvalue weighted by Crippen LogP contribution is 2.46. The van der Waals surface area contributed by atoms with Crippen LogP contribution < -0.4 is 0 Å². The smallest absolute Gasteiger partial charge is 0.164 e. The molecule has 0 N–H and O–H groups in total. The maximum Gasteiger partial charge on any atom is 0.164 e. The van der Waals surface area contributed by atoms with E-state index in [2.05, 4.69) is 132 Å². The highest BCUT2D eigenvalue weighted by Gasteiger charge is 2.23. The number of thiophene rings is 1. The number of para-hydroxylation sites is 2. The molecule has 0 saturated carbocycles. The van der Waals surface area contributed by atoms with E-state index in [1.54, 1.807) is 0 Å². The van der Waals surface area contributed by atoms with Crippen LogP contribution in [0.25, 0.3) is 104 Å². The average Bonchev–Trinajstić information content (AvgIpc) is 3.83. The van der Waals surface area contributed by atoms with Gasteiger partial charge in [0.25, 0.3) is 0 Å². The van der Waals surface area contributed by atoms with Crippen LogP contribution in [-0.2, 0) is 0 Å². The van der Waals surface area contributed by atoms with Crippen molar-refractivity contribution in [2.75, 3.05) is 0 Å². The van der Waals surface area contributed by atoms with Gasteiger partial charge in [-0.2, -0.15) is 0 Å². The third kappa shape index (κ3) is 5.38. The second-order valence-electron chi connectivity index (χ2n) is 13.8. The van der Waals surface area contributed by atoms with E-state index >= 15 is 0 Å². The summed E-state index contributed by atoms with van der Waals surface area (Å²) < 4.78 is 4.85. The number of pyridine rings is 1. The van der Waals surface area contributed by atoms with Crippen LogP contribution in [0.1, 0.15) is 0 Å². The lowest BCUT2D eigenvalue weighted by Gasteiger charge is -2.12. The van der Waals surface area contributed by atoms with E-state index in [1.165, 1.54) is 31.1 Å². The molecule has 0 unspecified atom stereocenters. The summed E-state index contributed by atoms with van der Waals surface area (Å²) in [5.41, 5.74) is 11.6. The molecular formula is C50H31N5S. The maximum absolute atomic E-state index is 5.52. The Balaban J connectivity index is 1.03. The van der Waals surface area contributed by atoms with E-state index in [1.807, 2.05) is 72.0 Å². The second-order valence-corrected chi connectivity index (χ2v) is 14.9. The predicted octanol–water partition coefficient (Wildman–Crippen LogP) is 13.1. The predicted molar refractivity (Wildman–Crippen MR) is 232 cm³/mol. The Morgan fingerprint density at radius 3 is 1.45 bits per heavy atom. The zero-order chi connectivity index (χ0) is 37.0. The van der Waals surface area contributed by atoms with Crippen LogP contribution in [0.15, 0.2) is 188 Å². The molecule has 0 amide bonds. The van der Waals surface area contributed by atoms with E-state index in [0.29, 0.717) is 17.5 Å². The van der Waals surface area contributed by atoms with Crippen molar-refractivity contribution in [3.8, 4) is 62.2 Å². The van der Waals surface area contributed by atoms with Crippen LogP contribution in [0, 0.1) is 0 Å². The summed E-state index contributed by atoms with van der Waals surface area (Å²) in [6, 6.07) is 65.5. The molecule has 4 aromatic heterocycles. The minimum atomic E-state index is 0.639. The number of rotatable bonds is 6. The zero-order valence-electron chi connectivity index (χ0n) is 30.0. The topological polar surface area (TPSA) is 56.5 Å². The molecular weight excluding hydrogens is 703 g/mol. The normalized spacial score (nSPS) is 11.6. The molecule has 0 aliphatic rings. The fraction of sp³-hybridized carbons (Fsp3) is 0. The van der Waals surface area contributed by atoms with Gasteiger partial charge < -0.3 is 4.57 Å². The highest BCUT2D eigenvalue weighted by molar-refractivity contribution is 7.26. The Morgan fingerprint density at radius 1 is 0.375 bits per heavy atom. The molecule has 7 aromatic carbocycles. The summed E-state index contributed by atoms with van der Waals surface area (Å²) in [6.07, 6.45) is 0. The van der Waals surface area contributed by atoms with E-state index < -0.39 is 0 Å². The first-order chi connectivity index (χ1) is 27.8. The van der Waals surface area contributed by atoms with E-state index in [0.717, 1.165) is 55.8 Å². The summed E-state index contributed by atoms with van der Waals surface area (Å²) in [7, 11) is 0. The SMILES string of the molecule is c1ccc(-c2nc(-c3ccccc3)nc(-c3ccc(-c4ccc(-c5nc6c7ccccc7sc6c6c7ccccc7n(-c7ccccc7)c56)cc4)cc3)n2)cc1. The van der Waals surface area contributed by atoms with Gasteiger partial charge in [0.05, 0.1) is 26.9 Å². The van der Waals surface area contributed by atoms with Gasteiger partial charge in [0.1, 0.15) is 0 Å². The monoisotopic (exact) mass is 733 g/mol. The highest BCUT2D eigenvalue weighted by atomic mass is 32.1. The molecule has 262 valence electrons. The van der Waals surface area contributed by atoms with Gasteiger partial charge in [-0.3, -0.25) is 0 Å². The molecule has 0 radical (unpaired) electrons. The minimum Gasteiger partial charge on any atom is -0.307 e. The summed E-state index contributed by atoms with van der Waals surface area (Å²) in [6.45, 7) is 0. The molecule has 11 aromatic rings. The summed E-state index contributed by atoms with van der Waals surface area (Å²) in [5.74, 6) is 1.94. The van der Waals surface area contributed by atoms with Gasteiger partial charge in [0.2, 0.25) is 0 Å². The lowest BCUT2D eigenvalue weighted by molar-refractivity contribution is 1.07. The standard InChI is InChI=1S/C50H31N5S/c1-4-14-35(15-5-1)48-52-49(36-16-6-2-7-17-36)54-50(53-48)37-30-26-33(27-31-37)32-24-28-34(29-25-32)44-46-43(47-45(51-44)40-21-11-13-23-42(40)56-47)39-20-10-12-22-41(39)55(46)38-18-8-3-9-19-38/h1-31H. The van der Waals surface area contributed by atoms with Gasteiger partial charge in [-0.1, -0.05) is 164 Å². The lowest BCUT2D eigenvalue weighted by Crippen LogP contribution is -2.00. The molecule has 0 fully saturated rings. The van der Waals surface area contributed by atoms with Gasteiger partial charge in [0, 0.05) is 48.8 Å². The van der Waals surface area contributed by atoms with Crippen LogP contribution in [0.5, 0.6) is 0 Å². The number of nitrogens with zero attached hydrogens (tertiary/aromatic N) is 5. The maximum atomic E-state index is 5.52. The molecule has 4 heterocycles. The van der Waals surface area contributed by atoms with Crippen LogP contribution in [0.4, 0.5) is 0 Å². The number of fused-ring (bicyclic) bond motifs is 7. The Bertz CT molecular complexity index is 3150. The third-order valence-corrected chi connectivity index (χ3v) is 11.6. The molecule has 0 spiro atoms. The lowest BCUT2D eigenvalue weighted by atomic mass is 10.00. The molecule has 0 aliphatic carbocycles. The van der Waals surface area contributed by atoms with E-state index in [4.69, 9.17) is 19.9 Å². The van der Waals surface area contributed by atoms with Gasteiger partial charge in [-0.05, 0) is 35.4 Å². The van der Waals surface area contributed by atoms with Gasteiger partial charge in [-0.15, -0.1) is 11.3 Å². The third-order valence-electron chi connectivity index (χ3n) is 10.5. The molecule has 0 aliphatic heterocycles. The average molecular weight is 734 g/mol. The fourth-order valence-corrected chi connectivity index (χ4v) is 8.99. The molecule has 5 nitrogen and oxygen atoms in total. The van der Waals surface area contributed by atoms with Crippen molar-refractivity contribution in [2.24, 2.45) is 0 Å². The Morgan fingerprint density at radius 2 is 0.839 bits per heavy atom. The number of aromatic nitrogens is 5. The van der Waals surface area contributed by atoms with Crippen molar-refractivity contribution < 1.29 is 0 Å². The minimum absolute atomic E-state index is 0.639. The Hall–Kier alpha value is -7.28. The van der Waals surface area contributed by atoms with Crippen LogP contribution in [0.2, 0.25) is 0 Å². The van der Waals surface area contributed by atoms with Crippen molar-refractivity contribution in [1.82, 2.24) is 24.5 Å². The molecule has 6 heteroatoms. The summed E-state index contributed by atoms with van der Waals surface area (Å²) >= 11 is 1.83. The van der Waals surface area contributed by atoms with Crippen molar-refractivity contribution in [3.05, 3.63) is 188 Å². The van der Waals surface area contributed by atoms with E-state index in [9.17, 15) is 0 Å². The van der Waals surface area contributed by atoms with Gasteiger partial charge >= 0.3 is 0 Å². The molecule has 56 heavy (non-hydrogen) atoms. The Labute approximate surface area is 326 Å². The number of benzene rings is 7. The van der Waals surface area contributed by atoms with Crippen molar-refractivity contribution >= 4 is 53.4 Å². The summed E-state index contributed by atoms with van der Waals surface area (Å²) in [5, 5.41) is 3.66. The number of hydrogen-bond acceptors (Lipinski definition) is 5. The van der Waals surface area contributed by atoms with Crippen LogP contribution >= 0.6 is 11.3 Å². The molecule has 0 atom stereocenters. The van der Waals surface area contributed by atoms with Gasteiger partial charge in [-0.25, -0.2) is 19.9 Å². The van der Waals surface area contributed by atoms with Crippen molar-refractivity contribution in [2.45, 2.75) is 0 Å². The Kier molecular flexibility index (Phi) is 7.60. The first kappa shape index (κ1) is 32.2. The molecule has 0 saturated heterocycles. The van der Waals surface area contributed by atoms with Crippen LogP contribution in [-0.4, -0.2) is 24.5 Å². The first-order valence-electron chi connectivity index (χ1n) is 18.6. The zero-order valence-corrected chi connectivity index (χ0v) is 30.9. The number of hydrogen-bond donors (Lipinski definition) is 0. The quantitative estimate of drug-likeness (QED) is 0.171. The summed E-state index contributed by atoms with van der Waals surface area (Å²) in [4.78, 5) is 20.2. The second kappa shape index (κ2) is 13.2. The molecule has 11 rings (SSSR count). The fourth-order valence-electron chi connectivity index (χ4n) is 7.79. The molecule has 0 bridgehead atoms. The largest absolute Gasteiger partial charge is 0.307 e. The van der Waals surface area contributed by atoms with Gasteiger partial charge in [0.15, 0.2) is 17.5 Å². The van der Waals surface area contributed by atoms with Crippen molar-refractivity contribution in [1.29, 1.82) is 0 Å².